The van der Waals surface area contributed by atoms with E-state index >= 15 is 0 Å². The average molecular weight is 370 g/mol. The fourth-order valence-electron chi connectivity index (χ4n) is 3.37. The molecule has 27 heavy (non-hydrogen) atoms. The van der Waals surface area contributed by atoms with Gasteiger partial charge in [0.15, 0.2) is 5.76 Å². The summed E-state index contributed by atoms with van der Waals surface area (Å²) in [5, 5.41) is 16.5. The molecular formula is C19H18N2O6. The van der Waals surface area contributed by atoms with Gasteiger partial charge in [-0.25, -0.2) is 4.79 Å². The molecule has 3 heterocycles. The number of aromatic nitrogens is 1. The number of anilines is 1. The van der Waals surface area contributed by atoms with E-state index in [4.69, 9.17) is 18.8 Å². The van der Waals surface area contributed by atoms with Gasteiger partial charge in [0, 0.05) is 30.4 Å². The molecule has 1 saturated heterocycles. The Bertz CT molecular complexity index is 1010. The van der Waals surface area contributed by atoms with Crippen molar-refractivity contribution in [3.05, 3.63) is 47.5 Å². The van der Waals surface area contributed by atoms with Crippen molar-refractivity contribution in [2.45, 2.75) is 25.2 Å². The number of benzene rings is 1. The quantitative estimate of drug-likeness (QED) is 0.725. The largest absolute Gasteiger partial charge is 0.475 e. The summed E-state index contributed by atoms with van der Waals surface area (Å²) >= 11 is 0. The van der Waals surface area contributed by atoms with Gasteiger partial charge in [0.1, 0.15) is 11.0 Å². The van der Waals surface area contributed by atoms with Gasteiger partial charge in [-0.1, -0.05) is 5.16 Å². The lowest BCUT2D eigenvalue weighted by molar-refractivity contribution is -0.126. The zero-order valence-electron chi connectivity index (χ0n) is 14.7. The van der Waals surface area contributed by atoms with Gasteiger partial charge in [-0.2, -0.15) is 0 Å². The van der Waals surface area contributed by atoms with Crippen molar-refractivity contribution in [1.29, 1.82) is 0 Å². The molecule has 0 radical (unpaired) electrons. The van der Waals surface area contributed by atoms with Crippen LogP contribution in [0.2, 0.25) is 0 Å². The number of carboxylic acids is 1. The molecule has 0 unspecified atom stereocenters. The number of carbonyl (C=O) groups is 2. The lowest BCUT2D eigenvalue weighted by Gasteiger charge is -2.33. The normalized spacial score (nSPS) is 16.3. The van der Waals surface area contributed by atoms with Gasteiger partial charge in [-0.05, 0) is 44.0 Å². The van der Waals surface area contributed by atoms with Gasteiger partial charge in [0.2, 0.25) is 11.7 Å². The molecule has 140 valence electrons. The lowest BCUT2D eigenvalue weighted by Crippen LogP contribution is -2.44. The van der Waals surface area contributed by atoms with Gasteiger partial charge < -0.3 is 24.1 Å². The van der Waals surface area contributed by atoms with Crippen molar-refractivity contribution in [2.24, 2.45) is 0 Å². The molecule has 2 N–H and O–H groups in total. The predicted octanol–water partition coefficient (Wildman–Crippen LogP) is 3.11. The highest BCUT2D eigenvalue weighted by molar-refractivity contribution is 6.00. The van der Waals surface area contributed by atoms with Crippen molar-refractivity contribution in [1.82, 2.24) is 5.16 Å². The van der Waals surface area contributed by atoms with Crippen LogP contribution in [-0.4, -0.2) is 35.4 Å². The van der Waals surface area contributed by atoms with Crippen molar-refractivity contribution >= 4 is 28.5 Å². The summed E-state index contributed by atoms with van der Waals surface area (Å²) in [6, 6.07) is 8.20. The number of hydrogen-bond acceptors (Lipinski definition) is 6. The van der Waals surface area contributed by atoms with Crippen LogP contribution in [-0.2, 0) is 14.9 Å². The molecule has 0 spiro atoms. The maximum Gasteiger partial charge on any atom is 0.371 e. The minimum absolute atomic E-state index is 0.147. The van der Waals surface area contributed by atoms with E-state index in [0.717, 1.165) is 0 Å². The number of carboxylic acid groups (broad SMARTS) is 1. The molecule has 1 aliphatic rings. The summed E-state index contributed by atoms with van der Waals surface area (Å²) in [6.07, 6.45) is 0.981. The maximum absolute atomic E-state index is 13.2. The molecule has 3 aromatic rings. The number of fused-ring (bicyclic) bond motifs is 1. The number of amides is 1. The Morgan fingerprint density at radius 3 is 2.63 bits per heavy atom. The highest BCUT2D eigenvalue weighted by Gasteiger charge is 2.45. The summed E-state index contributed by atoms with van der Waals surface area (Å²) in [6.45, 7) is 2.72. The Hall–Kier alpha value is -3.13. The SMILES string of the molecule is Cc1cc(C2(C(=O)Nc3ccc4oc(C(=O)O)cc4c3)CCOCC2)on1. The molecule has 8 heteroatoms. The fraction of sp³-hybridized carbons (Fsp3) is 0.316. The zero-order valence-corrected chi connectivity index (χ0v) is 14.7. The zero-order chi connectivity index (χ0) is 19.0. The molecule has 0 bridgehead atoms. The third-order valence-corrected chi connectivity index (χ3v) is 4.87. The molecule has 1 fully saturated rings. The number of carbonyl (C=O) groups excluding carboxylic acids is 1. The number of nitrogens with zero attached hydrogens (tertiary/aromatic N) is 1. The summed E-state index contributed by atoms with van der Waals surface area (Å²) in [5.74, 6) is -0.966. The highest BCUT2D eigenvalue weighted by Crippen LogP contribution is 2.37. The molecule has 0 aliphatic carbocycles. The van der Waals surface area contributed by atoms with Crippen molar-refractivity contribution in [3.63, 3.8) is 0 Å². The number of aryl methyl sites for hydroxylation is 1. The fourth-order valence-corrected chi connectivity index (χ4v) is 3.37. The van der Waals surface area contributed by atoms with Crippen LogP contribution in [0.15, 0.2) is 39.3 Å². The Morgan fingerprint density at radius 2 is 1.96 bits per heavy atom. The summed E-state index contributed by atoms with van der Waals surface area (Å²) in [7, 11) is 0. The smallest absolute Gasteiger partial charge is 0.371 e. The van der Waals surface area contributed by atoms with Crippen LogP contribution in [0.5, 0.6) is 0 Å². The van der Waals surface area contributed by atoms with E-state index < -0.39 is 11.4 Å². The van der Waals surface area contributed by atoms with Crippen LogP contribution in [0, 0.1) is 6.92 Å². The molecule has 1 amide bonds. The van der Waals surface area contributed by atoms with E-state index in [1.54, 1.807) is 24.3 Å². The minimum atomic E-state index is -1.14. The first kappa shape index (κ1) is 17.3. The molecule has 1 aromatic carbocycles. The number of ether oxygens (including phenoxy) is 1. The standard InChI is InChI=1S/C19H18N2O6/c1-11-8-16(27-21-11)19(4-6-25-7-5-19)18(24)20-13-2-3-14-12(9-13)10-15(26-14)17(22)23/h2-3,8-10H,4-7H2,1H3,(H,20,24)(H,22,23). The van der Waals surface area contributed by atoms with Gasteiger partial charge in [-0.15, -0.1) is 0 Å². The van der Waals surface area contributed by atoms with E-state index in [0.29, 0.717) is 54.2 Å². The second-order valence-corrected chi connectivity index (χ2v) is 6.65. The summed E-state index contributed by atoms with van der Waals surface area (Å²) in [4.78, 5) is 24.2. The molecule has 2 aromatic heterocycles. The first-order valence-electron chi connectivity index (χ1n) is 8.58. The number of hydrogen-bond donors (Lipinski definition) is 2. The van der Waals surface area contributed by atoms with Crippen LogP contribution < -0.4 is 5.32 Å². The van der Waals surface area contributed by atoms with Crippen molar-refractivity contribution < 1.29 is 28.4 Å². The van der Waals surface area contributed by atoms with Crippen LogP contribution in [0.25, 0.3) is 11.0 Å². The van der Waals surface area contributed by atoms with E-state index in [2.05, 4.69) is 10.5 Å². The third kappa shape index (κ3) is 3.08. The molecule has 8 nitrogen and oxygen atoms in total. The van der Waals surface area contributed by atoms with E-state index in [1.807, 2.05) is 6.92 Å². The molecule has 0 saturated carbocycles. The van der Waals surface area contributed by atoms with Gasteiger partial charge in [-0.3, -0.25) is 4.79 Å². The highest BCUT2D eigenvalue weighted by atomic mass is 16.5. The number of aromatic carboxylic acids is 1. The predicted molar refractivity (Wildman–Crippen MR) is 94.8 cm³/mol. The Morgan fingerprint density at radius 1 is 1.19 bits per heavy atom. The van der Waals surface area contributed by atoms with Gasteiger partial charge in [0.25, 0.3) is 0 Å². The topological polar surface area (TPSA) is 115 Å². The number of furan rings is 1. The Balaban J connectivity index is 1.64. The average Bonchev–Trinajstić information content (AvgIpc) is 3.28. The van der Waals surface area contributed by atoms with Gasteiger partial charge in [0.05, 0.1) is 5.69 Å². The Labute approximate surface area is 154 Å². The van der Waals surface area contributed by atoms with Crippen molar-refractivity contribution in [3.8, 4) is 0 Å². The molecule has 1 aliphatic heterocycles. The van der Waals surface area contributed by atoms with Crippen molar-refractivity contribution in [2.75, 3.05) is 18.5 Å². The molecular weight excluding hydrogens is 352 g/mol. The summed E-state index contributed by atoms with van der Waals surface area (Å²) < 4.78 is 16.1. The second-order valence-electron chi connectivity index (χ2n) is 6.65. The maximum atomic E-state index is 13.2. The number of rotatable bonds is 4. The van der Waals surface area contributed by atoms with Crippen LogP contribution >= 0.6 is 0 Å². The van der Waals surface area contributed by atoms with E-state index in [9.17, 15) is 9.59 Å². The third-order valence-electron chi connectivity index (χ3n) is 4.87. The number of nitrogens with one attached hydrogen (secondary N) is 1. The monoisotopic (exact) mass is 370 g/mol. The van der Waals surface area contributed by atoms with Crippen LogP contribution in [0.3, 0.4) is 0 Å². The molecule has 4 rings (SSSR count). The van der Waals surface area contributed by atoms with Crippen LogP contribution in [0.1, 0.15) is 34.9 Å². The molecule has 0 atom stereocenters. The van der Waals surface area contributed by atoms with Crippen LogP contribution in [0.4, 0.5) is 5.69 Å². The van der Waals surface area contributed by atoms with E-state index in [1.165, 1.54) is 6.07 Å². The summed E-state index contributed by atoms with van der Waals surface area (Å²) in [5.41, 5.74) is 0.853. The Kier molecular flexibility index (Phi) is 4.19. The minimum Gasteiger partial charge on any atom is -0.475 e. The second kappa shape index (κ2) is 6.55. The lowest BCUT2D eigenvalue weighted by atomic mass is 9.77. The first-order chi connectivity index (χ1) is 13.0. The van der Waals surface area contributed by atoms with E-state index in [-0.39, 0.29) is 11.7 Å². The first-order valence-corrected chi connectivity index (χ1v) is 8.58. The van der Waals surface area contributed by atoms with Gasteiger partial charge >= 0.3 is 5.97 Å².